The largest absolute Gasteiger partial charge is 0.395 e. The molecule has 102 valence electrons. The molecule has 0 amide bonds. The molecule has 0 bridgehead atoms. The average molecular weight is 279 g/mol. The van der Waals surface area contributed by atoms with Crippen LogP contribution >= 0.6 is 0 Å². The van der Waals surface area contributed by atoms with Crippen molar-refractivity contribution in [2.24, 2.45) is 0 Å². The maximum atomic E-state index is 12.4. The minimum absolute atomic E-state index is 0.0127. The van der Waals surface area contributed by atoms with Gasteiger partial charge in [0.25, 0.3) is 0 Å². The van der Waals surface area contributed by atoms with Gasteiger partial charge in [0, 0.05) is 25.1 Å². The van der Waals surface area contributed by atoms with Crippen molar-refractivity contribution in [3.8, 4) is 11.8 Å². The summed E-state index contributed by atoms with van der Waals surface area (Å²) in [6.45, 7) is 1.21. The zero-order valence-corrected chi connectivity index (χ0v) is 11.5. The second-order valence-electron chi connectivity index (χ2n) is 4.41. The highest BCUT2D eigenvalue weighted by Crippen LogP contribution is 2.21. The van der Waals surface area contributed by atoms with E-state index >= 15 is 0 Å². The van der Waals surface area contributed by atoms with Crippen molar-refractivity contribution in [1.82, 2.24) is 4.31 Å². The Morgan fingerprint density at radius 3 is 2.68 bits per heavy atom. The Morgan fingerprint density at radius 2 is 2.00 bits per heavy atom. The molecule has 1 N–H and O–H groups in total. The van der Waals surface area contributed by atoms with E-state index in [1.165, 1.54) is 4.31 Å². The van der Waals surface area contributed by atoms with Crippen LogP contribution in [0.3, 0.4) is 0 Å². The molecule has 1 aliphatic heterocycles. The summed E-state index contributed by atoms with van der Waals surface area (Å²) >= 11 is 0. The highest BCUT2D eigenvalue weighted by Gasteiger charge is 2.26. The molecule has 1 aromatic carbocycles. The molecule has 2 rings (SSSR count). The fourth-order valence-corrected chi connectivity index (χ4v) is 3.60. The number of benzene rings is 1. The Hall–Kier alpha value is -1.35. The first-order valence-corrected chi connectivity index (χ1v) is 7.78. The van der Waals surface area contributed by atoms with Crippen LogP contribution in [0.2, 0.25) is 0 Å². The molecule has 19 heavy (non-hydrogen) atoms. The van der Waals surface area contributed by atoms with Gasteiger partial charge >= 0.3 is 0 Å². The lowest BCUT2D eigenvalue weighted by Crippen LogP contribution is -2.27. The van der Waals surface area contributed by atoms with Gasteiger partial charge < -0.3 is 5.11 Å². The van der Waals surface area contributed by atoms with Crippen LogP contribution in [0.15, 0.2) is 29.2 Å². The fourth-order valence-electron chi connectivity index (χ4n) is 2.03. The summed E-state index contributed by atoms with van der Waals surface area (Å²) in [4.78, 5) is 0.296. The van der Waals surface area contributed by atoms with Crippen molar-refractivity contribution in [2.75, 3.05) is 19.7 Å². The second kappa shape index (κ2) is 6.20. The lowest BCUT2D eigenvalue weighted by Gasteiger charge is -2.15. The van der Waals surface area contributed by atoms with Crippen LogP contribution in [0.1, 0.15) is 24.8 Å². The molecule has 0 spiro atoms. The van der Waals surface area contributed by atoms with Crippen molar-refractivity contribution in [1.29, 1.82) is 0 Å². The molecule has 1 aliphatic rings. The van der Waals surface area contributed by atoms with Gasteiger partial charge in [-0.25, -0.2) is 8.42 Å². The predicted molar refractivity (Wildman–Crippen MR) is 73.0 cm³/mol. The molecule has 1 aromatic rings. The van der Waals surface area contributed by atoms with Crippen LogP contribution in [0, 0.1) is 11.8 Å². The standard InChI is InChI=1S/C14H17NO3S/c16-11-4-1-6-13-7-5-8-14(12-13)19(17,18)15-9-2-3-10-15/h5,7-8,12,16H,2-4,9-11H2. The van der Waals surface area contributed by atoms with E-state index < -0.39 is 10.0 Å². The van der Waals surface area contributed by atoms with Crippen molar-refractivity contribution in [3.63, 3.8) is 0 Å². The molecule has 0 radical (unpaired) electrons. The number of nitrogens with zero attached hydrogens (tertiary/aromatic N) is 1. The van der Waals surface area contributed by atoms with Crippen LogP contribution in [0.4, 0.5) is 0 Å². The van der Waals surface area contributed by atoms with Gasteiger partial charge in [0.05, 0.1) is 11.5 Å². The molecule has 0 atom stereocenters. The minimum atomic E-state index is -3.38. The van der Waals surface area contributed by atoms with Crippen LogP contribution in [-0.4, -0.2) is 37.5 Å². The normalized spacial score (nSPS) is 16.1. The lowest BCUT2D eigenvalue weighted by atomic mass is 10.2. The third-order valence-corrected chi connectivity index (χ3v) is 4.90. The maximum absolute atomic E-state index is 12.4. The molecule has 4 nitrogen and oxygen atoms in total. The van der Waals surface area contributed by atoms with E-state index in [-0.39, 0.29) is 6.61 Å². The second-order valence-corrected chi connectivity index (χ2v) is 6.35. The average Bonchev–Trinajstić information content (AvgIpc) is 2.94. The first-order valence-electron chi connectivity index (χ1n) is 6.34. The Kier molecular flexibility index (Phi) is 4.59. The molecular weight excluding hydrogens is 262 g/mol. The van der Waals surface area contributed by atoms with Crippen molar-refractivity contribution in [3.05, 3.63) is 29.8 Å². The van der Waals surface area contributed by atoms with E-state index in [4.69, 9.17) is 5.11 Å². The highest BCUT2D eigenvalue weighted by molar-refractivity contribution is 7.89. The van der Waals surface area contributed by atoms with E-state index in [0.29, 0.717) is 30.0 Å². The summed E-state index contributed by atoms with van der Waals surface area (Å²) < 4.78 is 26.2. The van der Waals surface area contributed by atoms with E-state index in [2.05, 4.69) is 11.8 Å². The van der Waals surface area contributed by atoms with Crippen LogP contribution in [0.25, 0.3) is 0 Å². The number of aliphatic hydroxyl groups excluding tert-OH is 1. The number of hydrogen-bond donors (Lipinski definition) is 1. The molecule has 0 aromatic heterocycles. The van der Waals surface area contributed by atoms with Crippen molar-refractivity contribution in [2.45, 2.75) is 24.2 Å². The number of aliphatic hydroxyl groups is 1. The van der Waals surface area contributed by atoms with Crippen LogP contribution < -0.4 is 0 Å². The van der Waals surface area contributed by atoms with Gasteiger partial charge in [-0.3, -0.25) is 0 Å². The summed E-state index contributed by atoms with van der Waals surface area (Å²) in [6.07, 6.45) is 2.24. The molecule has 1 fully saturated rings. The van der Waals surface area contributed by atoms with Gasteiger partial charge in [0.2, 0.25) is 10.0 Å². The van der Waals surface area contributed by atoms with Crippen molar-refractivity contribution >= 4 is 10.0 Å². The van der Waals surface area contributed by atoms with Gasteiger partial charge in [-0.05, 0) is 31.0 Å². The molecule has 0 saturated carbocycles. The zero-order chi connectivity index (χ0) is 13.7. The summed E-state index contributed by atoms with van der Waals surface area (Å²) in [5.41, 5.74) is 0.661. The maximum Gasteiger partial charge on any atom is 0.243 e. The molecule has 5 heteroatoms. The van der Waals surface area contributed by atoms with E-state index in [9.17, 15) is 8.42 Å². The van der Waals surface area contributed by atoms with Gasteiger partial charge in [-0.2, -0.15) is 4.31 Å². The van der Waals surface area contributed by atoms with Gasteiger partial charge in [0.1, 0.15) is 0 Å². The molecule has 1 saturated heterocycles. The summed E-state index contributed by atoms with van der Waals surface area (Å²) in [6, 6.07) is 6.67. The monoisotopic (exact) mass is 279 g/mol. The highest BCUT2D eigenvalue weighted by atomic mass is 32.2. The van der Waals surface area contributed by atoms with Gasteiger partial charge in [0.15, 0.2) is 0 Å². The van der Waals surface area contributed by atoms with E-state index in [1.54, 1.807) is 24.3 Å². The Morgan fingerprint density at radius 1 is 1.26 bits per heavy atom. The number of sulfonamides is 1. The summed E-state index contributed by atoms with van der Waals surface area (Å²) in [5, 5.41) is 8.67. The Labute approximate surface area is 114 Å². The zero-order valence-electron chi connectivity index (χ0n) is 10.7. The first-order chi connectivity index (χ1) is 9.14. The Bertz CT molecular complexity index is 593. The van der Waals surface area contributed by atoms with E-state index in [0.717, 1.165) is 12.8 Å². The smallest absolute Gasteiger partial charge is 0.243 e. The molecule has 0 unspecified atom stereocenters. The summed E-state index contributed by atoms with van der Waals surface area (Å²) in [5.74, 6) is 5.65. The Balaban J connectivity index is 2.26. The lowest BCUT2D eigenvalue weighted by molar-refractivity contribution is 0.305. The van der Waals surface area contributed by atoms with Crippen LogP contribution in [-0.2, 0) is 10.0 Å². The fraction of sp³-hybridized carbons (Fsp3) is 0.429. The van der Waals surface area contributed by atoms with Crippen molar-refractivity contribution < 1.29 is 13.5 Å². The predicted octanol–water partition coefficient (Wildman–Crippen LogP) is 1.21. The SMILES string of the molecule is O=S(=O)(c1cccc(C#CCCO)c1)N1CCCC1. The van der Waals surface area contributed by atoms with Gasteiger partial charge in [-0.1, -0.05) is 17.9 Å². The summed E-state index contributed by atoms with van der Waals surface area (Å²) in [7, 11) is -3.38. The van der Waals surface area contributed by atoms with Crippen LogP contribution in [0.5, 0.6) is 0 Å². The van der Waals surface area contributed by atoms with E-state index in [1.807, 2.05) is 0 Å². The third-order valence-electron chi connectivity index (χ3n) is 3.01. The number of rotatable bonds is 3. The first kappa shape index (κ1) is 14.1. The van der Waals surface area contributed by atoms with Gasteiger partial charge in [-0.15, -0.1) is 0 Å². The molecule has 1 heterocycles. The quantitative estimate of drug-likeness (QED) is 0.846. The topological polar surface area (TPSA) is 57.6 Å². The minimum Gasteiger partial charge on any atom is -0.395 e. The molecule has 0 aliphatic carbocycles. The molecular formula is C14H17NO3S. The third kappa shape index (κ3) is 3.35. The number of hydrogen-bond acceptors (Lipinski definition) is 3.